The lowest BCUT2D eigenvalue weighted by Gasteiger charge is -2.30. The predicted octanol–water partition coefficient (Wildman–Crippen LogP) is 4.38. The Labute approximate surface area is 251 Å². The van der Waals surface area contributed by atoms with Gasteiger partial charge in [0.2, 0.25) is 10.9 Å². The topological polar surface area (TPSA) is 145 Å². The van der Waals surface area contributed by atoms with E-state index in [0.29, 0.717) is 41.6 Å². The number of amides is 1. The van der Waals surface area contributed by atoms with Crippen LogP contribution in [0.15, 0.2) is 48.5 Å². The highest BCUT2D eigenvalue weighted by Gasteiger charge is 2.38. The lowest BCUT2D eigenvalue weighted by Crippen LogP contribution is -2.42. The monoisotopic (exact) mass is 613 g/mol. The van der Waals surface area contributed by atoms with E-state index >= 15 is 0 Å². The summed E-state index contributed by atoms with van der Waals surface area (Å²) in [5.74, 6) is -1.60. The predicted molar refractivity (Wildman–Crippen MR) is 162 cm³/mol. The molecule has 2 N–H and O–H groups in total. The number of benzene rings is 1. The van der Waals surface area contributed by atoms with Crippen LogP contribution in [0.1, 0.15) is 57.8 Å². The number of esters is 1. The number of halogens is 1. The fourth-order valence-electron chi connectivity index (χ4n) is 4.62. The smallest absolute Gasteiger partial charge is 0.329 e. The van der Waals surface area contributed by atoms with Crippen LogP contribution in [0.25, 0.3) is 11.3 Å². The van der Waals surface area contributed by atoms with E-state index in [1.807, 2.05) is 13.8 Å². The van der Waals surface area contributed by atoms with Crippen molar-refractivity contribution in [1.29, 1.82) is 0 Å². The molecule has 43 heavy (non-hydrogen) atoms. The molecule has 3 aromatic rings. The van der Waals surface area contributed by atoms with Crippen molar-refractivity contribution < 1.29 is 31.9 Å². The number of nitrogens with zero attached hydrogens (tertiary/aromatic N) is 4. The van der Waals surface area contributed by atoms with Crippen LogP contribution in [0, 0.1) is 11.7 Å². The molecule has 0 aliphatic carbocycles. The first-order valence-electron chi connectivity index (χ1n) is 13.9. The number of thiol groups is 1. The standard InChI is InChI=1S/C30H36FN5O6S/c1-18(2)17-41-21-15-19(14-20(31)16-21)23-12-11-22(28(37)36(43(39)40)26-10-6-9-25(32)34-26)27(33-23)35-13-7-8-24(35)29(38)42-30(3,4)5/h6,9-12,14-16,18,24,43H,7-8,13,17H2,1-5H3,(H2,32,34)/t24-/m0/s1. The number of rotatable bonds is 9. The van der Waals surface area contributed by atoms with E-state index in [1.54, 1.807) is 31.7 Å². The van der Waals surface area contributed by atoms with Gasteiger partial charge in [-0.15, -0.1) is 0 Å². The Morgan fingerprint density at radius 1 is 1.14 bits per heavy atom. The minimum atomic E-state index is -3.49. The van der Waals surface area contributed by atoms with Crippen molar-refractivity contribution in [1.82, 2.24) is 9.97 Å². The van der Waals surface area contributed by atoms with Crippen LogP contribution in [-0.2, 0) is 20.4 Å². The lowest BCUT2D eigenvalue weighted by molar-refractivity contribution is -0.156. The first-order valence-corrected chi connectivity index (χ1v) is 15.0. The fraction of sp³-hybridized carbons (Fsp3) is 0.400. The van der Waals surface area contributed by atoms with Gasteiger partial charge < -0.3 is 20.1 Å². The molecule has 1 amide bonds. The molecule has 2 aromatic heterocycles. The molecule has 0 unspecified atom stereocenters. The molecule has 1 aliphatic heterocycles. The number of carbonyl (C=O) groups excluding carboxylic acids is 2. The molecule has 1 saturated heterocycles. The van der Waals surface area contributed by atoms with Crippen LogP contribution in [0.2, 0.25) is 0 Å². The van der Waals surface area contributed by atoms with Gasteiger partial charge in [0.15, 0.2) is 5.82 Å². The third-order valence-corrected chi connectivity index (χ3v) is 7.10. The van der Waals surface area contributed by atoms with Crippen LogP contribution in [0.4, 0.5) is 21.8 Å². The quantitative estimate of drug-likeness (QED) is 0.263. The summed E-state index contributed by atoms with van der Waals surface area (Å²) in [6.07, 6.45) is 1.02. The Kier molecular flexibility index (Phi) is 9.53. The summed E-state index contributed by atoms with van der Waals surface area (Å²) in [7, 11) is -3.49. The molecule has 4 rings (SSSR count). The SMILES string of the molecule is CC(C)COc1cc(F)cc(-c2ccc(C(=O)N(c3cccc(N)n3)[SH](=O)=O)c(N3CCC[C@H]3C(=O)OC(C)(C)C)n2)c1. The van der Waals surface area contributed by atoms with Crippen LogP contribution < -0.4 is 19.7 Å². The minimum absolute atomic E-state index is 0.0203. The van der Waals surface area contributed by atoms with Gasteiger partial charge >= 0.3 is 5.97 Å². The third kappa shape index (κ3) is 7.78. The van der Waals surface area contributed by atoms with E-state index in [1.165, 1.54) is 42.5 Å². The van der Waals surface area contributed by atoms with Gasteiger partial charge in [0.1, 0.15) is 34.8 Å². The highest BCUT2D eigenvalue weighted by Crippen LogP contribution is 2.34. The van der Waals surface area contributed by atoms with E-state index in [-0.39, 0.29) is 34.6 Å². The molecule has 3 heterocycles. The second-order valence-electron chi connectivity index (χ2n) is 11.6. The zero-order valence-electron chi connectivity index (χ0n) is 24.7. The molecule has 0 radical (unpaired) electrons. The summed E-state index contributed by atoms with van der Waals surface area (Å²) in [6, 6.07) is 10.6. The van der Waals surface area contributed by atoms with Crippen LogP contribution in [-0.4, -0.2) is 55.1 Å². The zero-order chi connectivity index (χ0) is 31.5. The lowest BCUT2D eigenvalue weighted by atomic mass is 10.1. The number of aromatic nitrogens is 2. The minimum Gasteiger partial charge on any atom is -0.493 e. The first kappa shape index (κ1) is 31.7. The highest BCUT2D eigenvalue weighted by molar-refractivity contribution is 7.75. The van der Waals surface area contributed by atoms with E-state index in [4.69, 9.17) is 20.2 Å². The molecule has 13 heteroatoms. The molecule has 0 bridgehead atoms. The second kappa shape index (κ2) is 12.9. The zero-order valence-corrected chi connectivity index (χ0v) is 25.6. The molecular weight excluding hydrogens is 577 g/mol. The summed E-state index contributed by atoms with van der Waals surface area (Å²) in [5, 5.41) is 0. The largest absolute Gasteiger partial charge is 0.493 e. The Balaban J connectivity index is 1.85. The van der Waals surface area contributed by atoms with E-state index < -0.39 is 40.2 Å². The maximum Gasteiger partial charge on any atom is 0.329 e. The van der Waals surface area contributed by atoms with Gasteiger partial charge in [0.25, 0.3) is 5.91 Å². The van der Waals surface area contributed by atoms with Gasteiger partial charge in [-0.05, 0) is 75.9 Å². The van der Waals surface area contributed by atoms with Gasteiger partial charge in [0, 0.05) is 18.2 Å². The van der Waals surface area contributed by atoms with Gasteiger partial charge in [-0.3, -0.25) is 4.79 Å². The summed E-state index contributed by atoms with van der Waals surface area (Å²) in [4.78, 5) is 37.5. The molecule has 0 saturated carbocycles. The van der Waals surface area contributed by atoms with Crippen molar-refractivity contribution in [2.75, 3.05) is 28.1 Å². The van der Waals surface area contributed by atoms with Crippen molar-refractivity contribution in [3.8, 4) is 17.0 Å². The van der Waals surface area contributed by atoms with E-state index in [0.717, 1.165) is 0 Å². The molecule has 1 fully saturated rings. The molecule has 0 spiro atoms. The number of pyridine rings is 2. The van der Waals surface area contributed by atoms with Crippen LogP contribution in [0.5, 0.6) is 5.75 Å². The number of hydrogen-bond donors (Lipinski definition) is 2. The maximum absolute atomic E-state index is 14.7. The first-order chi connectivity index (χ1) is 20.2. The Bertz CT molecular complexity index is 1580. The number of anilines is 3. The average molecular weight is 614 g/mol. The second-order valence-corrected chi connectivity index (χ2v) is 12.5. The van der Waals surface area contributed by atoms with Crippen LogP contribution >= 0.6 is 0 Å². The Hall–Kier alpha value is -4.26. The average Bonchev–Trinajstić information content (AvgIpc) is 3.40. The molecule has 230 valence electrons. The molecule has 1 aliphatic rings. The van der Waals surface area contributed by atoms with E-state index in [2.05, 4.69) is 4.98 Å². The van der Waals surface area contributed by atoms with Gasteiger partial charge in [-0.25, -0.2) is 27.6 Å². The summed E-state index contributed by atoms with van der Waals surface area (Å²) >= 11 is 0. The van der Waals surface area contributed by atoms with Crippen molar-refractivity contribution in [3.05, 3.63) is 59.9 Å². The van der Waals surface area contributed by atoms with Crippen molar-refractivity contribution >= 4 is 40.2 Å². The summed E-state index contributed by atoms with van der Waals surface area (Å²) in [6.45, 7) is 9.92. The molecule has 1 atom stereocenters. The fourth-order valence-corrected chi connectivity index (χ4v) is 5.16. The number of nitrogens with two attached hydrogens (primary N) is 1. The number of ether oxygens (including phenoxy) is 2. The van der Waals surface area contributed by atoms with Crippen molar-refractivity contribution in [2.45, 2.75) is 59.1 Å². The number of carbonyl (C=O) groups is 2. The third-order valence-electron chi connectivity index (χ3n) is 6.39. The van der Waals surface area contributed by atoms with Crippen LogP contribution in [0.3, 0.4) is 0 Å². The highest BCUT2D eigenvalue weighted by atomic mass is 32.2. The van der Waals surface area contributed by atoms with Gasteiger partial charge in [0.05, 0.1) is 17.9 Å². The van der Waals surface area contributed by atoms with E-state index in [9.17, 15) is 22.4 Å². The normalized spacial score (nSPS) is 15.2. The van der Waals surface area contributed by atoms with Gasteiger partial charge in [-0.1, -0.05) is 19.9 Å². The van der Waals surface area contributed by atoms with Gasteiger partial charge in [-0.2, -0.15) is 4.31 Å². The molecule has 1 aromatic carbocycles. The summed E-state index contributed by atoms with van der Waals surface area (Å²) < 4.78 is 51.3. The molecule has 11 nitrogen and oxygen atoms in total. The number of nitrogen functional groups attached to an aromatic ring is 1. The Morgan fingerprint density at radius 3 is 2.53 bits per heavy atom. The maximum atomic E-state index is 14.7. The van der Waals surface area contributed by atoms with Crippen molar-refractivity contribution in [2.24, 2.45) is 5.92 Å². The Morgan fingerprint density at radius 2 is 1.88 bits per heavy atom. The number of hydrogen-bond acceptors (Lipinski definition) is 10. The molecular formula is C30H36FN5O6S. The van der Waals surface area contributed by atoms with Crippen molar-refractivity contribution in [3.63, 3.8) is 0 Å². The summed E-state index contributed by atoms with van der Waals surface area (Å²) in [5.41, 5.74) is 5.55.